The van der Waals surface area contributed by atoms with Crippen LogP contribution in [-0.2, 0) is 17.8 Å². The summed E-state index contributed by atoms with van der Waals surface area (Å²) in [7, 11) is 3.34. The number of rotatable bonds is 9. The molecule has 2 heterocycles. The first-order valence-electron chi connectivity index (χ1n) is 10.8. The van der Waals surface area contributed by atoms with E-state index in [0.717, 1.165) is 62.1 Å². The smallest absolute Gasteiger partial charge is 0.161 e. The lowest BCUT2D eigenvalue weighted by Crippen LogP contribution is -2.31. The molecule has 1 saturated heterocycles. The zero-order valence-electron chi connectivity index (χ0n) is 18.6. The molecule has 1 aliphatic heterocycles. The zero-order chi connectivity index (χ0) is 21.6. The van der Waals surface area contributed by atoms with Gasteiger partial charge in [0.25, 0.3) is 0 Å². The van der Waals surface area contributed by atoms with Crippen LogP contribution in [0.5, 0.6) is 11.5 Å². The summed E-state index contributed by atoms with van der Waals surface area (Å²) in [5, 5.41) is 0. The molecule has 3 aromatic rings. The van der Waals surface area contributed by atoms with Crippen LogP contribution in [-0.4, -0.2) is 47.9 Å². The Morgan fingerprint density at radius 2 is 1.77 bits per heavy atom. The summed E-state index contributed by atoms with van der Waals surface area (Å²) in [4.78, 5) is 6.77. The highest BCUT2D eigenvalue weighted by molar-refractivity contribution is 5.43. The summed E-state index contributed by atoms with van der Waals surface area (Å²) in [5.74, 6) is 2.50. The molecule has 0 amide bonds. The van der Waals surface area contributed by atoms with Crippen LogP contribution in [0.15, 0.2) is 54.9 Å². The van der Waals surface area contributed by atoms with Gasteiger partial charge in [-0.05, 0) is 55.2 Å². The van der Waals surface area contributed by atoms with Gasteiger partial charge >= 0.3 is 0 Å². The molecule has 1 unspecified atom stereocenters. The minimum Gasteiger partial charge on any atom is -0.493 e. The number of methoxy groups -OCH3 is 2. The van der Waals surface area contributed by atoms with Gasteiger partial charge in [0.1, 0.15) is 5.82 Å². The fourth-order valence-electron chi connectivity index (χ4n) is 4.17. The number of aryl methyl sites for hydroxylation is 1. The van der Waals surface area contributed by atoms with Crippen LogP contribution in [0.1, 0.15) is 29.8 Å². The molecule has 6 heteroatoms. The molecule has 0 bridgehead atoms. The van der Waals surface area contributed by atoms with Crippen molar-refractivity contribution in [3.05, 3.63) is 71.8 Å². The van der Waals surface area contributed by atoms with Gasteiger partial charge in [-0.15, -0.1) is 0 Å². The predicted octanol–water partition coefficient (Wildman–Crippen LogP) is 4.38. The van der Waals surface area contributed by atoms with Gasteiger partial charge < -0.3 is 18.8 Å². The molecule has 0 N–H and O–H groups in total. The van der Waals surface area contributed by atoms with E-state index in [9.17, 15) is 0 Å². The maximum Gasteiger partial charge on any atom is 0.161 e. The van der Waals surface area contributed by atoms with Crippen molar-refractivity contribution in [1.82, 2.24) is 14.5 Å². The maximum absolute atomic E-state index is 5.92. The quantitative estimate of drug-likeness (QED) is 0.513. The number of ether oxygens (including phenoxy) is 3. The molecule has 6 nitrogen and oxygen atoms in total. The third-order valence-corrected chi connectivity index (χ3v) is 5.79. The summed E-state index contributed by atoms with van der Waals surface area (Å²) in [5.41, 5.74) is 3.60. The summed E-state index contributed by atoms with van der Waals surface area (Å²) in [6, 6.07) is 14.9. The van der Waals surface area contributed by atoms with Gasteiger partial charge in [0.05, 0.1) is 20.3 Å². The van der Waals surface area contributed by atoms with Crippen LogP contribution in [0.4, 0.5) is 0 Å². The first-order valence-corrected chi connectivity index (χ1v) is 10.8. The van der Waals surface area contributed by atoms with Crippen molar-refractivity contribution in [2.45, 2.75) is 39.0 Å². The molecule has 2 aromatic carbocycles. The van der Waals surface area contributed by atoms with Crippen molar-refractivity contribution >= 4 is 0 Å². The Morgan fingerprint density at radius 1 is 1.03 bits per heavy atom. The van der Waals surface area contributed by atoms with Crippen LogP contribution in [0, 0.1) is 6.92 Å². The Kier molecular flexibility index (Phi) is 6.89. The van der Waals surface area contributed by atoms with Crippen molar-refractivity contribution in [2.24, 2.45) is 0 Å². The lowest BCUT2D eigenvalue weighted by Gasteiger charge is -2.26. The molecule has 0 radical (unpaired) electrons. The van der Waals surface area contributed by atoms with E-state index in [1.165, 1.54) is 11.1 Å². The second kappa shape index (κ2) is 9.98. The summed E-state index contributed by atoms with van der Waals surface area (Å²) < 4.78 is 18.9. The minimum atomic E-state index is 0.299. The fourth-order valence-corrected chi connectivity index (χ4v) is 4.17. The number of nitrogens with zero attached hydrogens (tertiary/aromatic N) is 3. The molecule has 1 atom stereocenters. The number of hydrogen-bond donors (Lipinski definition) is 0. The van der Waals surface area contributed by atoms with Crippen molar-refractivity contribution in [2.75, 3.05) is 27.4 Å². The van der Waals surface area contributed by atoms with Gasteiger partial charge in [0, 0.05) is 44.3 Å². The highest BCUT2D eigenvalue weighted by Gasteiger charge is 2.20. The number of imidazole rings is 1. The fraction of sp³-hybridized carbons (Fsp3) is 0.400. The molecular weight excluding hydrogens is 390 g/mol. The second-order valence-electron chi connectivity index (χ2n) is 8.00. The molecule has 31 heavy (non-hydrogen) atoms. The topological polar surface area (TPSA) is 48.8 Å². The van der Waals surface area contributed by atoms with E-state index < -0.39 is 0 Å². The molecule has 0 saturated carbocycles. The molecule has 0 spiro atoms. The second-order valence-corrected chi connectivity index (χ2v) is 8.00. The standard InChI is InChI=1S/C25H31N3O3/c1-19-26-12-13-28(19)22-9-6-20(7-10-22)16-27(18-23-5-4-14-31-23)17-21-8-11-24(29-2)25(15-21)30-3/h6-13,15,23H,4-5,14,16-18H2,1-3H3. The highest BCUT2D eigenvalue weighted by Crippen LogP contribution is 2.28. The normalized spacial score (nSPS) is 16.1. The lowest BCUT2D eigenvalue weighted by molar-refractivity contribution is 0.0679. The van der Waals surface area contributed by atoms with Crippen LogP contribution < -0.4 is 9.47 Å². The Hall–Kier alpha value is -2.83. The zero-order valence-corrected chi connectivity index (χ0v) is 18.6. The molecule has 0 aliphatic carbocycles. The van der Waals surface area contributed by atoms with Crippen LogP contribution in [0.3, 0.4) is 0 Å². The van der Waals surface area contributed by atoms with Gasteiger partial charge in [-0.25, -0.2) is 4.98 Å². The first kappa shape index (κ1) is 21.4. The Balaban J connectivity index is 1.50. The number of hydrogen-bond acceptors (Lipinski definition) is 5. The first-order chi connectivity index (χ1) is 15.2. The van der Waals surface area contributed by atoms with Crippen LogP contribution in [0.2, 0.25) is 0 Å². The van der Waals surface area contributed by atoms with Crippen molar-refractivity contribution in [1.29, 1.82) is 0 Å². The third-order valence-electron chi connectivity index (χ3n) is 5.79. The van der Waals surface area contributed by atoms with Gasteiger partial charge in [0.2, 0.25) is 0 Å². The molecule has 1 aliphatic rings. The molecule has 4 rings (SSSR count). The van der Waals surface area contributed by atoms with Gasteiger partial charge in [-0.3, -0.25) is 4.90 Å². The number of benzene rings is 2. The van der Waals surface area contributed by atoms with Crippen molar-refractivity contribution in [3.63, 3.8) is 0 Å². The van der Waals surface area contributed by atoms with E-state index in [1.54, 1.807) is 14.2 Å². The Labute approximate surface area is 184 Å². The van der Waals surface area contributed by atoms with Gasteiger partial charge in [-0.2, -0.15) is 0 Å². The maximum atomic E-state index is 5.92. The monoisotopic (exact) mass is 421 g/mol. The average Bonchev–Trinajstić information content (AvgIpc) is 3.46. The third kappa shape index (κ3) is 5.27. The van der Waals surface area contributed by atoms with Crippen LogP contribution >= 0.6 is 0 Å². The largest absolute Gasteiger partial charge is 0.493 e. The van der Waals surface area contributed by atoms with E-state index in [0.29, 0.717) is 6.10 Å². The van der Waals surface area contributed by atoms with E-state index >= 15 is 0 Å². The Bertz CT molecular complexity index is 978. The summed E-state index contributed by atoms with van der Waals surface area (Å²) in [6.07, 6.45) is 6.39. The molecule has 1 aromatic heterocycles. The minimum absolute atomic E-state index is 0.299. The predicted molar refractivity (Wildman–Crippen MR) is 121 cm³/mol. The molecular formula is C25H31N3O3. The highest BCUT2D eigenvalue weighted by atomic mass is 16.5. The summed E-state index contributed by atoms with van der Waals surface area (Å²) >= 11 is 0. The summed E-state index contributed by atoms with van der Waals surface area (Å²) in [6.45, 7) is 5.48. The van der Waals surface area contributed by atoms with E-state index in [1.807, 2.05) is 25.4 Å². The number of aromatic nitrogens is 2. The lowest BCUT2D eigenvalue weighted by atomic mass is 10.1. The van der Waals surface area contributed by atoms with Crippen molar-refractivity contribution < 1.29 is 14.2 Å². The average molecular weight is 422 g/mol. The van der Waals surface area contributed by atoms with E-state index in [2.05, 4.69) is 50.8 Å². The van der Waals surface area contributed by atoms with E-state index in [-0.39, 0.29) is 0 Å². The Morgan fingerprint density at radius 3 is 2.42 bits per heavy atom. The van der Waals surface area contributed by atoms with E-state index in [4.69, 9.17) is 14.2 Å². The molecule has 1 fully saturated rings. The van der Waals surface area contributed by atoms with Gasteiger partial charge in [-0.1, -0.05) is 18.2 Å². The SMILES string of the molecule is COc1ccc(CN(Cc2ccc(-n3ccnc3C)cc2)CC2CCCO2)cc1OC. The van der Waals surface area contributed by atoms with Gasteiger partial charge in [0.15, 0.2) is 11.5 Å². The van der Waals surface area contributed by atoms with Crippen molar-refractivity contribution in [3.8, 4) is 17.2 Å². The molecule has 164 valence electrons. The van der Waals surface area contributed by atoms with Crippen LogP contribution in [0.25, 0.3) is 5.69 Å².